The normalized spacial score (nSPS) is 15.1. The highest BCUT2D eigenvalue weighted by atomic mass is 16.4. The highest BCUT2D eigenvalue weighted by molar-refractivity contribution is 5.94. The number of hydrogen-bond acceptors (Lipinski definition) is 7. The van der Waals surface area contributed by atoms with Crippen LogP contribution in [0.15, 0.2) is 24.3 Å². The minimum Gasteiger partial charge on any atom is -0.508 e. The first kappa shape index (κ1) is 29.4. The summed E-state index contributed by atoms with van der Waals surface area (Å²) >= 11 is 0. The number of amides is 3. The summed E-state index contributed by atoms with van der Waals surface area (Å²) in [6, 6.07) is 1.47. The number of carbonyl (C=O) groups excluding carboxylic acids is 3. The number of carboxylic acid groups (broad SMARTS) is 2. The van der Waals surface area contributed by atoms with Gasteiger partial charge < -0.3 is 37.0 Å². The zero-order valence-electron chi connectivity index (χ0n) is 20.0. The van der Waals surface area contributed by atoms with E-state index in [0.29, 0.717) is 12.0 Å². The van der Waals surface area contributed by atoms with Gasteiger partial charge in [0, 0.05) is 6.42 Å². The predicted octanol–water partition coefficient (Wildman–Crippen LogP) is -0.268. The molecule has 0 aliphatic carbocycles. The molecule has 5 atom stereocenters. The number of carbonyl (C=O) groups is 5. The second-order valence-electron chi connectivity index (χ2n) is 8.41. The summed E-state index contributed by atoms with van der Waals surface area (Å²) in [7, 11) is 0. The molecule has 0 radical (unpaired) electrons. The third kappa shape index (κ3) is 10.0. The smallest absolute Gasteiger partial charge is 0.326 e. The monoisotopic (exact) mass is 494 g/mol. The molecular formula is C23H34N4O8. The van der Waals surface area contributed by atoms with Gasteiger partial charge in [0.2, 0.25) is 17.7 Å². The molecule has 0 spiro atoms. The van der Waals surface area contributed by atoms with Crippen LogP contribution in [0, 0.1) is 5.92 Å². The van der Waals surface area contributed by atoms with E-state index >= 15 is 0 Å². The van der Waals surface area contributed by atoms with Gasteiger partial charge >= 0.3 is 11.9 Å². The fraction of sp³-hybridized carbons (Fsp3) is 0.522. The fourth-order valence-corrected chi connectivity index (χ4v) is 3.13. The second-order valence-corrected chi connectivity index (χ2v) is 8.41. The Bertz CT molecular complexity index is 905. The molecule has 12 heteroatoms. The van der Waals surface area contributed by atoms with Gasteiger partial charge in [-0.2, -0.15) is 0 Å². The van der Waals surface area contributed by atoms with Gasteiger partial charge in [0.1, 0.15) is 23.9 Å². The minimum atomic E-state index is -1.32. The lowest BCUT2D eigenvalue weighted by Crippen LogP contribution is -2.57. The van der Waals surface area contributed by atoms with Crippen LogP contribution in [-0.2, 0) is 30.4 Å². The summed E-state index contributed by atoms with van der Waals surface area (Å²) in [5, 5.41) is 34.9. The first-order valence-electron chi connectivity index (χ1n) is 11.2. The predicted molar refractivity (Wildman–Crippen MR) is 125 cm³/mol. The number of benzene rings is 1. The molecule has 1 aromatic carbocycles. The van der Waals surface area contributed by atoms with Gasteiger partial charge in [-0.3, -0.25) is 19.2 Å². The summed E-state index contributed by atoms with van der Waals surface area (Å²) in [6.07, 6.45) is -0.106. The Hall–Kier alpha value is -3.67. The molecule has 0 aliphatic rings. The third-order valence-corrected chi connectivity index (χ3v) is 5.54. The number of phenols is 1. The molecule has 5 unspecified atom stereocenters. The fourth-order valence-electron chi connectivity index (χ4n) is 3.13. The highest BCUT2D eigenvalue weighted by Crippen LogP contribution is 2.11. The van der Waals surface area contributed by atoms with Crippen LogP contribution in [0.3, 0.4) is 0 Å². The Labute approximate surface area is 203 Å². The lowest BCUT2D eigenvalue weighted by atomic mass is 9.98. The van der Waals surface area contributed by atoms with Crippen molar-refractivity contribution < 1.29 is 39.3 Å². The van der Waals surface area contributed by atoms with Crippen molar-refractivity contribution in [3.05, 3.63) is 29.8 Å². The van der Waals surface area contributed by atoms with Gasteiger partial charge in [0.15, 0.2) is 0 Å². The highest BCUT2D eigenvalue weighted by Gasteiger charge is 2.31. The van der Waals surface area contributed by atoms with Crippen LogP contribution in [0.5, 0.6) is 5.75 Å². The number of nitrogens with two attached hydrogens (primary N) is 1. The Morgan fingerprint density at radius 1 is 0.914 bits per heavy atom. The van der Waals surface area contributed by atoms with Crippen LogP contribution < -0.4 is 21.7 Å². The van der Waals surface area contributed by atoms with Crippen molar-refractivity contribution in [3.8, 4) is 5.75 Å². The molecule has 0 saturated carbocycles. The lowest BCUT2D eigenvalue weighted by molar-refractivity contribution is -0.144. The number of rotatable bonds is 14. The zero-order valence-corrected chi connectivity index (χ0v) is 20.0. The number of nitrogens with one attached hydrogen (secondary N) is 3. The number of phenolic OH excluding ortho intramolecular Hbond substituents is 1. The van der Waals surface area contributed by atoms with Gasteiger partial charge in [-0.25, -0.2) is 4.79 Å². The summed E-state index contributed by atoms with van der Waals surface area (Å²) < 4.78 is 0. The van der Waals surface area contributed by atoms with Gasteiger partial charge in [-0.15, -0.1) is 0 Å². The largest absolute Gasteiger partial charge is 0.508 e. The maximum atomic E-state index is 12.7. The maximum Gasteiger partial charge on any atom is 0.326 e. The van der Waals surface area contributed by atoms with Crippen molar-refractivity contribution >= 4 is 29.7 Å². The van der Waals surface area contributed by atoms with Crippen LogP contribution >= 0.6 is 0 Å². The van der Waals surface area contributed by atoms with Crippen LogP contribution in [0.2, 0.25) is 0 Å². The summed E-state index contributed by atoms with van der Waals surface area (Å²) in [6.45, 7) is 4.77. The quantitative estimate of drug-likeness (QED) is 0.181. The molecule has 0 fully saturated rings. The lowest BCUT2D eigenvalue weighted by Gasteiger charge is -2.25. The van der Waals surface area contributed by atoms with Crippen LogP contribution in [0.4, 0.5) is 0 Å². The van der Waals surface area contributed by atoms with E-state index in [1.54, 1.807) is 26.0 Å². The van der Waals surface area contributed by atoms with Gasteiger partial charge in [-0.05, 0) is 43.4 Å². The molecular weight excluding hydrogens is 460 g/mol. The average molecular weight is 495 g/mol. The zero-order chi connectivity index (χ0) is 26.7. The molecule has 0 heterocycles. The first-order valence-corrected chi connectivity index (χ1v) is 11.2. The Balaban J connectivity index is 2.80. The minimum absolute atomic E-state index is 0.0670. The van der Waals surface area contributed by atoms with E-state index in [0.717, 1.165) is 0 Å². The van der Waals surface area contributed by atoms with Crippen LogP contribution in [-0.4, -0.2) is 69.1 Å². The molecule has 8 N–H and O–H groups in total. The molecule has 0 aliphatic heterocycles. The Kier molecular flexibility index (Phi) is 11.7. The summed E-state index contributed by atoms with van der Waals surface area (Å²) in [4.78, 5) is 60.2. The van der Waals surface area contributed by atoms with Gasteiger partial charge in [-0.1, -0.05) is 32.4 Å². The van der Waals surface area contributed by atoms with E-state index in [1.165, 1.54) is 19.1 Å². The van der Waals surface area contributed by atoms with Gasteiger partial charge in [0.05, 0.1) is 6.04 Å². The topological polar surface area (TPSA) is 208 Å². The van der Waals surface area contributed by atoms with Crippen molar-refractivity contribution in [2.45, 2.75) is 70.6 Å². The third-order valence-electron chi connectivity index (χ3n) is 5.54. The summed E-state index contributed by atoms with van der Waals surface area (Å²) in [5.74, 6) is -5.02. The first-order chi connectivity index (χ1) is 16.3. The molecule has 0 saturated heterocycles. The van der Waals surface area contributed by atoms with Gasteiger partial charge in [0.25, 0.3) is 0 Å². The Morgan fingerprint density at radius 2 is 1.51 bits per heavy atom. The average Bonchev–Trinajstić information content (AvgIpc) is 2.80. The number of carboxylic acids is 2. The second kappa shape index (κ2) is 13.9. The molecule has 3 amide bonds. The molecule has 1 rings (SSSR count). The maximum absolute atomic E-state index is 12.7. The van der Waals surface area contributed by atoms with Crippen molar-refractivity contribution in [3.63, 3.8) is 0 Å². The van der Waals surface area contributed by atoms with Crippen molar-refractivity contribution in [2.24, 2.45) is 11.7 Å². The molecule has 35 heavy (non-hydrogen) atoms. The van der Waals surface area contributed by atoms with Crippen LogP contribution in [0.25, 0.3) is 0 Å². The molecule has 0 bridgehead atoms. The van der Waals surface area contributed by atoms with E-state index in [-0.39, 0.29) is 18.6 Å². The number of aliphatic carboxylic acids is 2. The van der Waals surface area contributed by atoms with Crippen molar-refractivity contribution in [1.82, 2.24) is 16.0 Å². The molecule has 1 aromatic rings. The van der Waals surface area contributed by atoms with E-state index in [9.17, 15) is 34.2 Å². The molecule has 0 aromatic heterocycles. The standard InChI is InChI=1S/C23H34N4O8/c1-4-12(2)19(23(34)35)27-22(33)17(9-10-18(29)30)26-20(31)13(3)25-21(32)16(24)11-14-5-7-15(28)8-6-14/h5-8,12-13,16-17,19,28H,4,9-11,24H2,1-3H3,(H,25,32)(H,26,31)(H,27,33)(H,29,30)(H,34,35). The van der Waals surface area contributed by atoms with E-state index in [2.05, 4.69) is 16.0 Å². The van der Waals surface area contributed by atoms with Crippen molar-refractivity contribution in [1.29, 1.82) is 0 Å². The van der Waals surface area contributed by atoms with E-state index < -0.39 is 66.2 Å². The van der Waals surface area contributed by atoms with E-state index in [4.69, 9.17) is 10.8 Å². The van der Waals surface area contributed by atoms with E-state index in [1.807, 2.05) is 0 Å². The summed E-state index contributed by atoms with van der Waals surface area (Å²) in [5.41, 5.74) is 6.60. The Morgan fingerprint density at radius 3 is 2.03 bits per heavy atom. The molecule has 194 valence electrons. The number of hydrogen-bond donors (Lipinski definition) is 7. The van der Waals surface area contributed by atoms with Crippen molar-refractivity contribution in [2.75, 3.05) is 0 Å². The number of aromatic hydroxyl groups is 1. The van der Waals surface area contributed by atoms with Crippen LogP contribution in [0.1, 0.15) is 45.6 Å². The SMILES string of the molecule is CCC(C)C(NC(=O)C(CCC(=O)O)NC(=O)C(C)NC(=O)C(N)Cc1ccc(O)cc1)C(=O)O. The molecule has 12 nitrogen and oxygen atoms in total.